The fraction of sp³-hybridized carbons (Fsp3) is 0.652. The van der Waals surface area contributed by atoms with E-state index in [1.165, 1.54) is 44.3 Å². The minimum absolute atomic E-state index is 0.230. The summed E-state index contributed by atoms with van der Waals surface area (Å²) < 4.78 is 0. The van der Waals surface area contributed by atoms with Gasteiger partial charge in [0.05, 0.1) is 6.61 Å². The van der Waals surface area contributed by atoms with Gasteiger partial charge in [-0.2, -0.15) is 0 Å². The van der Waals surface area contributed by atoms with E-state index in [0.29, 0.717) is 12.0 Å². The van der Waals surface area contributed by atoms with Crippen LogP contribution in [0.3, 0.4) is 0 Å². The van der Waals surface area contributed by atoms with Crippen molar-refractivity contribution >= 4 is 0 Å². The van der Waals surface area contributed by atoms with E-state index in [-0.39, 0.29) is 12.6 Å². The molecule has 4 nitrogen and oxygen atoms in total. The molecule has 1 aromatic carbocycles. The second-order valence-electron chi connectivity index (χ2n) is 8.56. The molecule has 2 N–H and O–H groups in total. The Morgan fingerprint density at radius 3 is 2.56 bits per heavy atom. The van der Waals surface area contributed by atoms with Crippen molar-refractivity contribution in [2.24, 2.45) is 5.92 Å². The molecule has 1 saturated carbocycles. The van der Waals surface area contributed by atoms with Crippen LogP contribution in [0.15, 0.2) is 24.3 Å². The fourth-order valence-corrected chi connectivity index (χ4v) is 4.82. The van der Waals surface area contributed by atoms with Gasteiger partial charge in [0.2, 0.25) is 0 Å². The standard InChI is InChI=1S/C23H32N2O2/c1-17(27)4-5-18-8-10-20(11-9-18)23-21-15-24(14-19-6-7-19)12-2-3-13-25(21)22(23)16-26/h8-11,17,19,21-23,26-27H,2-3,6-7,12-16H2,1H3/t17-,21-,22-,23+/m0/s1. The monoisotopic (exact) mass is 368 g/mol. The van der Waals surface area contributed by atoms with Gasteiger partial charge in [-0.05, 0) is 69.3 Å². The molecule has 3 aliphatic rings. The maximum atomic E-state index is 10.0. The van der Waals surface area contributed by atoms with Gasteiger partial charge in [-0.15, -0.1) is 0 Å². The molecular formula is C23H32N2O2. The Hall–Kier alpha value is -1.38. The molecular weight excluding hydrogens is 336 g/mol. The van der Waals surface area contributed by atoms with Gasteiger partial charge in [0.15, 0.2) is 0 Å². The number of fused-ring (bicyclic) bond motifs is 1. The number of benzene rings is 1. The van der Waals surface area contributed by atoms with E-state index in [1.54, 1.807) is 6.92 Å². The Morgan fingerprint density at radius 2 is 1.89 bits per heavy atom. The van der Waals surface area contributed by atoms with Gasteiger partial charge in [0, 0.05) is 36.7 Å². The van der Waals surface area contributed by atoms with Crippen LogP contribution >= 0.6 is 0 Å². The van der Waals surface area contributed by atoms with Gasteiger partial charge < -0.3 is 15.1 Å². The van der Waals surface area contributed by atoms with Crippen LogP contribution in [-0.2, 0) is 0 Å². The molecule has 2 saturated heterocycles. The molecule has 4 atom stereocenters. The lowest BCUT2D eigenvalue weighted by atomic mass is 9.74. The molecule has 27 heavy (non-hydrogen) atoms. The van der Waals surface area contributed by atoms with Gasteiger partial charge in [-0.25, -0.2) is 0 Å². The maximum Gasteiger partial charge on any atom is 0.112 e. The summed E-state index contributed by atoms with van der Waals surface area (Å²) in [6, 6.07) is 9.18. The zero-order valence-electron chi connectivity index (χ0n) is 16.3. The third kappa shape index (κ3) is 4.38. The highest BCUT2D eigenvalue weighted by Gasteiger charge is 2.49. The molecule has 2 aliphatic heterocycles. The second kappa shape index (κ2) is 8.32. The zero-order valence-corrected chi connectivity index (χ0v) is 16.3. The SMILES string of the molecule is C[C@H](O)C#Cc1ccc([C@H]2[C@H](CO)N3CCCCN(CC4CC4)C[C@@H]23)cc1. The number of hydrogen-bond acceptors (Lipinski definition) is 4. The Bertz CT molecular complexity index is 687. The quantitative estimate of drug-likeness (QED) is 0.799. The van der Waals surface area contributed by atoms with Crippen LogP contribution in [0.25, 0.3) is 0 Å². The minimum atomic E-state index is -0.601. The smallest absolute Gasteiger partial charge is 0.112 e. The van der Waals surface area contributed by atoms with E-state index < -0.39 is 6.10 Å². The first-order chi connectivity index (χ1) is 13.2. The number of nitrogens with zero attached hydrogens (tertiary/aromatic N) is 2. The summed E-state index contributed by atoms with van der Waals surface area (Å²) in [6.07, 6.45) is 4.71. The summed E-state index contributed by atoms with van der Waals surface area (Å²) in [7, 11) is 0. The Labute approximate surface area is 163 Å². The molecule has 2 heterocycles. The minimum Gasteiger partial charge on any atom is -0.395 e. The predicted octanol–water partition coefficient (Wildman–Crippen LogP) is 2.05. The van der Waals surface area contributed by atoms with Crippen LogP contribution in [0.5, 0.6) is 0 Å². The van der Waals surface area contributed by atoms with E-state index in [2.05, 4.69) is 33.8 Å². The average molecular weight is 369 g/mol. The van der Waals surface area contributed by atoms with Crippen LogP contribution in [0.4, 0.5) is 0 Å². The summed E-state index contributed by atoms with van der Waals surface area (Å²) >= 11 is 0. The molecule has 0 aromatic heterocycles. The largest absolute Gasteiger partial charge is 0.395 e. The predicted molar refractivity (Wildman–Crippen MR) is 108 cm³/mol. The molecule has 0 unspecified atom stereocenters. The first kappa shape index (κ1) is 19.0. The Kier molecular flexibility index (Phi) is 5.85. The highest BCUT2D eigenvalue weighted by molar-refractivity contribution is 5.39. The molecule has 0 spiro atoms. The van der Waals surface area contributed by atoms with Crippen molar-refractivity contribution in [2.75, 3.05) is 32.8 Å². The Morgan fingerprint density at radius 1 is 1.15 bits per heavy atom. The average Bonchev–Trinajstić information content (AvgIpc) is 3.45. The first-order valence-corrected chi connectivity index (χ1v) is 10.5. The van der Waals surface area contributed by atoms with Crippen molar-refractivity contribution in [3.63, 3.8) is 0 Å². The second-order valence-corrected chi connectivity index (χ2v) is 8.56. The van der Waals surface area contributed by atoms with E-state index in [4.69, 9.17) is 0 Å². The molecule has 4 heteroatoms. The van der Waals surface area contributed by atoms with E-state index >= 15 is 0 Å². The van der Waals surface area contributed by atoms with Crippen LogP contribution in [0.2, 0.25) is 0 Å². The molecule has 4 rings (SSSR count). The van der Waals surface area contributed by atoms with Crippen molar-refractivity contribution in [2.45, 2.75) is 56.7 Å². The lowest BCUT2D eigenvalue weighted by Crippen LogP contribution is -2.67. The molecule has 1 aliphatic carbocycles. The first-order valence-electron chi connectivity index (χ1n) is 10.5. The highest BCUT2D eigenvalue weighted by atomic mass is 16.3. The molecule has 0 radical (unpaired) electrons. The fourth-order valence-electron chi connectivity index (χ4n) is 4.82. The summed E-state index contributed by atoms with van der Waals surface area (Å²) in [4.78, 5) is 5.22. The normalized spacial score (nSPS) is 30.3. The summed E-state index contributed by atoms with van der Waals surface area (Å²) in [5.74, 6) is 7.14. The summed E-state index contributed by atoms with van der Waals surface area (Å²) in [5, 5.41) is 19.4. The van der Waals surface area contributed by atoms with Gasteiger partial charge in [0.25, 0.3) is 0 Å². The van der Waals surface area contributed by atoms with Crippen LogP contribution in [0.1, 0.15) is 49.7 Å². The van der Waals surface area contributed by atoms with Crippen LogP contribution in [-0.4, -0.2) is 71.0 Å². The highest BCUT2D eigenvalue weighted by Crippen LogP contribution is 2.42. The number of aliphatic hydroxyl groups is 2. The maximum absolute atomic E-state index is 10.0. The number of hydrogen-bond donors (Lipinski definition) is 2. The van der Waals surface area contributed by atoms with Crippen molar-refractivity contribution in [3.05, 3.63) is 35.4 Å². The van der Waals surface area contributed by atoms with E-state index in [1.807, 2.05) is 12.1 Å². The van der Waals surface area contributed by atoms with Crippen molar-refractivity contribution in [1.29, 1.82) is 0 Å². The molecule has 0 amide bonds. The van der Waals surface area contributed by atoms with Crippen LogP contribution < -0.4 is 0 Å². The molecule has 146 valence electrons. The van der Waals surface area contributed by atoms with Crippen molar-refractivity contribution < 1.29 is 10.2 Å². The van der Waals surface area contributed by atoms with Gasteiger partial charge in [0.1, 0.15) is 6.10 Å². The molecule has 0 bridgehead atoms. The summed E-state index contributed by atoms with van der Waals surface area (Å²) in [6.45, 7) is 6.63. The topological polar surface area (TPSA) is 46.9 Å². The summed E-state index contributed by atoms with van der Waals surface area (Å²) in [5.41, 5.74) is 2.24. The molecule has 1 aromatic rings. The van der Waals surface area contributed by atoms with E-state index in [9.17, 15) is 10.2 Å². The van der Waals surface area contributed by atoms with Crippen LogP contribution in [0, 0.1) is 17.8 Å². The van der Waals surface area contributed by atoms with Gasteiger partial charge in [-0.3, -0.25) is 4.90 Å². The van der Waals surface area contributed by atoms with Crippen molar-refractivity contribution in [3.8, 4) is 11.8 Å². The third-order valence-electron chi connectivity index (χ3n) is 6.39. The van der Waals surface area contributed by atoms with E-state index in [0.717, 1.165) is 24.6 Å². The van der Waals surface area contributed by atoms with Gasteiger partial charge in [-0.1, -0.05) is 24.0 Å². The molecule has 3 fully saturated rings. The zero-order chi connectivity index (χ0) is 18.8. The third-order valence-corrected chi connectivity index (χ3v) is 6.39. The Balaban J connectivity index is 1.50. The van der Waals surface area contributed by atoms with Gasteiger partial charge >= 0.3 is 0 Å². The lowest BCUT2D eigenvalue weighted by Gasteiger charge is -2.57. The lowest BCUT2D eigenvalue weighted by molar-refractivity contribution is -0.0649. The number of rotatable bonds is 4. The number of aliphatic hydroxyl groups excluding tert-OH is 2. The van der Waals surface area contributed by atoms with Crippen molar-refractivity contribution in [1.82, 2.24) is 9.80 Å².